The molecule has 6 nitrogen and oxygen atoms in total. The number of nitro benzene ring substituents is 1. The number of anilines is 1. The highest BCUT2D eigenvalue weighted by atomic mass is 32.2. The van der Waals surface area contributed by atoms with Crippen LogP contribution in [0.2, 0.25) is 0 Å². The van der Waals surface area contributed by atoms with E-state index in [9.17, 15) is 18.5 Å². The maximum absolute atomic E-state index is 13.1. The van der Waals surface area contributed by atoms with E-state index in [-0.39, 0.29) is 11.4 Å². The lowest BCUT2D eigenvalue weighted by Gasteiger charge is -2.26. The monoisotopic (exact) mass is 346 g/mol. The normalized spacial score (nSPS) is 11.1. The van der Waals surface area contributed by atoms with Crippen LogP contribution in [0.4, 0.5) is 11.4 Å². The van der Waals surface area contributed by atoms with Crippen molar-refractivity contribution in [3.63, 3.8) is 0 Å². The number of benzene rings is 2. The van der Waals surface area contributed by atoms with E-state index in [2.05, 4.69) is 6.58 Å². The Morgan fingerprint density at radius 3 is 2.25 bits per heavy atom. The fourth-order valence-corrected chi connectivity index (χ4v) is 4.30. The highest BCUT2D eigenvalue weighted by Crippen LogP contribution is 2.33. The fourth-order valence-electron chi connectivity index (χ4n) is 2.57. The average molecular weight is 346 g/mol. The van der Waals surface area contributed by atoms with Gasteiger partial charge in [-0.05, 0) is 31.0 Å². The molecule has 0 saturated heterocycles. The van der Waals surface area contributed by atoms with Crippen molar-refractivity contribution in [2.75, 3.05) is 10.8 Å². The van der Waals surface area contributed by atoms with Gasteiger partial charge in [-0.25, -0.2) is 8.42 Å². The number of hydrogen-bond acceptors (Lipinski definition) is 4. The predicted molar refractivity (Wildman–Crippen MR) is 93.7 cm³/mol. The van der Waals surface area contributed by atoms with Crippen LogP contribution in [-0.2, 0) is 10.0 Å². The van der Waals surface area contributed by atoms with Crippen LogP contribution in [0.5, 0.6) is 0 Å². The average Bonchev–Trinajstić information content (AvgIpc) is 2.53. The molecule has 0 radical (unpaired) electrons. The van der Waals surface area contributed by atoms with E-state index in [1.54, 1.807) is 26.0 Å². The minimum atomic E-state index is -4.12. The number of aryl methyl sites for hydroxylation is 2. The zero-order valence-corrected chi connectivity index (χ0v) is 14.3. The van der Waals surface area contributed by atoms with E-state index < -0.39 is 20.6 Å². The van der Waals surface area contributed by atoms with Crippen LogP contribution in [0.25, 0.3) is 0 Å². The van der Waals surface area contributed by atoms with Crippen LogP contribution < -0.4 is 4.31 Å². The van der Waals surface area contributed by atoms with Crippen LogP contribution in [-0.4, -0.2) is 19.9 Å². The maximum atomic E-state index is 13.1. The van der Waals surface area contributed by atoms with Gasteiger partial charge in [0, 0.05) is 6.07 Å². The highest BCUT2D eigenvalue weighted by Gasteiger charge is 2.32. The quantitative estimate of drug-likeness (QED) is 0.455. The van der Waals surface area contributed by atoms with E-state index >= 15 is 0 Å². The lowest BCUT2D eigenvalue weighted by molar-refractivity contribution is -0.387. The van der Waals surface area contributed by atoms with Gasteiger partial charge in [-0.3, -0.25) is 14.4 Å². The Kier molecular flexibility index (Phi) is 5.04. The summed E-state index contributed by atoms with van der Waals surface area (Å²) in [5.74, 6) is 0. The standard InChI is InChI=1S/C17H18N2O4S/c1-4-12-18(17-13(2)8-7-9-14(17)3)24(22,23)16-11-6-5-10-15(16)19(20)21/h4-11H,1,12H2,2-3H3. The topological polar surface area (TPSA) is 80.5 Å². The minimum absolute atomic E-state index is 0.0140. The van der Waals surface area contributed by atoms with Gasteiger partial charge in [0.25, 0.3) is 15.7 Å². The van der Waals surface area contributed by atoms with Crippen molar-refractivity contribution in [3.8, 4) is 0 Å². The largest absolute Gasteiger partial charge is 0.289 e. The maximum Gasteiger partial charge on any atom is 0.289 e. The molecule has 2 aromatic rings. The summed E-state index contributed by atoms with van der Waals surface area (Å²) in [6.07, 6.45) is 1.46. The number of hydrogen-bond donors (Lipinski definition) is 0. The molecule has 2 rings (SSSR count). The van der Waals surface area contributed by atoms with E-state index in [0.717, 1.165) is 15.4 Å². The van der Waals surface area contributed by atoms with Crippen molar-refractivity contribution in [1.29, 1.82) is 0 Å². The first-order valence-corrected chi connectivity index (χ1v) is 8.68. The van der Waals surface area contributed by atoms with Crippen molar-refractivity contribution >= 4 is 21.4 Å². The van der Waals surface area contributed by atoms with E-state index in [4.69, 9.17) is 0 Å². The molecule has 0 atom stereocenters. The Balaban J connectivity index is 2.72. The molecular weight excluding hydrogens is 328 g/mol. The van der Waals surface area contributed by atoms with Gasteiger partial charge in [-0.15, -0.1) is 6.58 Å². The molecule has 0 saturated carbocycles. The molecule has 0 bridgehead atoms. The number of para-hydroxylation sites is 2. The molecule has 24 heavy (non-hydrogen) atoms. The third-order valence-electron chi connectivity index (χ3n) is 3.61. The molecule has 0 heterocycles. The molecule has 0 fully saturated rings. The van der Waals surface area contributed by atoms with Crippen LogP contribution in [0.15, 0.2) is 60.0 Å². The second-order valence-electron chi connectivity index (χ2n) is 5.29. The lowest BCUT2D eigenvalue weighted by atomic mass is 10.1. The summed E-state index contributed by atoms with van der Waals surface area (Å²) < 4.78 is 27.4. The van der Waals surface area contributed by atoms with Crippen molar-refractivity contribution in [3.05, 3.63) is 76.4 Å². The molecule has 2 aromatic carbocycles. The molecule has 0 N–H and O–H groups in total. The zero-order valence-electron chi connectivity index (χ0n) is 13.5. The lowest BCUT2D eigenvalue weighted by Crippen LogP contribution is -2.32. The third-order valence-corrected chi connectivity index (χ3v) is 5.43. The van der Waals surface area contributed by atoms with Gasteiger partial charge in [-0.1, -0.05) is 36.4 Å². The number of nitro groups is 1. The van der Waals surface area contributed by atoms with Crippen molar-refractivity contribution in [2.24, 2.45) is 0 Å². The summed E-state index contributed by atoms with van der Waals surface area (Å²) in [6, 6.07) is 10.8. The van der Waals surface area contributed by atoms with Gasteiger partial charge >= 0.3 is 0 Å². The van der Waals surface area contributed by atoms with Crippen LogP contribution >= 0.6 is 0 Å². The summed E-state index contributed by atoms with van der Waals surface area (Å²) in [4.78, 5) is 10.2. The molecule has 0 unspecified atom stereocenters. The van der Waals surface area contributed by atoms with Crippen LogP contribution in [0.1, 0.15) is 11.1 Å². The van der Waals surface area contributed by atoms with Gasteiger partial charge in [0.15, 0.2) is 4.90 Å². The van der Waals surface area contributed by atoms with E-state index in [1.165, 1.54) is 30.3 Å². The molecule has 7 heteroatoms. The SMILES string of the molecule is C=CCN(c1c(C)cccc1C)S(=O)(=O)c1ccccc1[N+](=O)[O-]. The Morgan fingerprint density at radius 2 is 1.71 bits per heavy atom. The molecule has 0 aliphatic heterocycles. The molecular formula is C17H18N2O4S. The number of nitrogens with zero attached hydrogens (tertiary/aromatic N) is 2. The Morgan fingerprint density at radius 1 is 1.12 bits per heavy atom. The first kappa shape index (κ1) is 17.7. The molecule has 0 aliphatic carbocycles. The molecule has 0 aromatic heterocycles. The fraction of sp³-hybridized carbons (Fsp3) is 0.176. The zero-order chi connectivity index (χ0) is 17.9. The molecule has 0 amide bonds. The molecule has 126 valence electrons. The van der Waals surface area contributed by atoms with Crippen LogP contribution in [0.3, 0.4) is 0 Å². The minimum Gasteiger partial charge on any atom is -0.262 e. The summed E-state index contributed by atoms with van der Waals surface area (Å²) in [5, 5.41) is 11.2. The van der Waals surface area contributed by atoms with Crippen LogP contribution in [0, 0.1) is 24.0 Å². The van der Waals surface area contributed by atoms with Crippen molar-refractivity contribution in [1.82, 2.24) is 0 Å². The summed E-state index contributed by atoms with van der Waals surface area (Å²) in [7, 11) is -4.12. The summed E-state index contributed by atoms with van der Waals surface area (Å²) in [5.41, 5.74) is 1.59. The first-order valence-electron chi connectivity index (χ1n) is 7.24. The smallest absolute Gasteiger partial charge is 0.262 e. The number of sulfonamides is 1. The molecule has 0 aliphatic rings. The first-order chi connectivity index (χ1) is 11.3. The van der Waals surface area contributed by atoms with Gasteiger partial charge < -0.3 is 0 Å². The van der Waals surface area contributed by atoms with Gasteiger partial charge in [0.1, 0.15) is 0 Å². The van der Waals surface area contributed by atoms with Gasteiger partial charge in [0.2, 0.25) is 0 Å². The van der Waals surface area contributed by atoms with E-state index in [1.807, 2.05) is 6.07 Å². The Bertz CT molecular complexity index is 871. The summed E-state index contributed by atoms with van der Waals surface area (Å²) >= 11 is 0. The third kappa shape index (κ3) is 3.16. The Labute approximate surface area is 141 Å². The van der Waals surface area contributed by atoms with Gasteiger partial charge in [0.05, 0.1) is 17.2 Å². The highest BCUT2D eigenvalue weighted by molar-refractivity contribution is 7.93. The second kappa shape index (κ2) is 6.84. The Hall–Kier alpha value is -2.67. The number of rotatable bonds is 6. The summed E-state index contributed by atoms with van der Waals surface area (Å²) in [6.45, 7) is 7.22. The van der Waals surface area contributed by atoms with Crippen molar-refractivity contribution in [2.45, 2.75) is 18.7 Å². The predicted octanol–water partition coefficient (Wildman–Crippen LogP) is 3.59. The molecule has 0 spiro atoms. The van der Waals surface area contributed by atoms with Crippen molar-refractivity contribution < 1.29 is 13.3 Å². The van der Waals surface area contributed by atoms with E-state index in [0.29, 0.717) is 5.69 Å². The van der Waals surface area contributed by atoms with Gasteiger partial charge in [-0.2, -0.15) is 0 Å². The second-order valence-corrected chi connectivity index (χ2v) is 7.12.